The summed E-state index contributed by atoms with van der Waals surface area (Å²) in [6, 6.07) is 11.4. The van der Waals surface area contributed by atoms with Crippen LogP contribution in [0.15, 0.2) is 41.8 Å². The van der Waals surface area contributed by atoms with Crippen molar-refractivity contribution in [1.29, 1.82) is 0 Å². The largest absolute Gasteiger partial charge is 0.367 e. The molecule has 0 N–H and O–H groups in total. The standard InChI is InChI=1S/C20H24FN3OS/c21-16-5-1-2-6-17(16)23-12-10-22(11-13-23)15-20(25)24-9-3-7-18(24)19-8-4-14-26-19/h1-2,4-6,8,14,18H,3,7,9-13,15H2. The zero-order chi connectivity index (χ0) is 17.9. The van der Waals surface area contributed by atoms with Crippen LogP contribution < -0.4 is 4.90 Å². The Kier molecular flexibility index (Phi) is 5.22. The van der Waals surface area contributed by atoms with E-state index in [1.54, 1.807) is 17.4 Å². The predicted molar refractivity (Wildman–Crippen MR) is 103 cm³/mol. The molecule has 0 spiro atoms. The lowest BCUT2D eigenvalue weighted by molar-refractivity contribution is -0.133. The number of halogens is 1. The molecule has 2 saturated heterocycles. The van der Waals surface area contributed by atoms with Gasteiger partial charge in [-0.25, -0.2) is 4.39 Å². The SMILES string of the molecule is O=C(CN1CCN(c2ccccc2F)CC1)N1CCCC1c1cccs1. The topological polar surface area (TPSA) is 26.8 Å². The van der Waals surface area contributed by atoms with E-state index in [1.165, 1.54) is 10.9 Å². The van der Waals surface area contributed by atoms with E-state index in [-0.39, 0.29) is 17.8 Å². The van der Waals surface area contributed by atoms with Crippen LogP contribution in [-0.2, 0) is 4.79 Å². The lowest BCUT2D eigenvalue weighted by atomic mass is 10.2. The van der Waals surface area contributed by atoms with Crippen LogP contribution >= 0.6 is 11.3 Å². The van der Waals surface area contributed by atoms with Crippen molar-refractivity contribution in [3.8, 4) is 0 Å². The van der Waals surface area contributed by atoms with Gasteiger partial charge in [0.15, 0.2) is 0 Å². The maximum atomic E-state index is 13.9. The number of carbonyl (C=O) groups is 1. The molecule has 0 radical (unpaired) electrons. The highest BCUT2D eigenvalue weighted by Gasteiger charge is 2.31. The number of thiophene rings is 1. The zero-order valence-corrected chi connectivity index (χ0v) is 15.6. The van der Waals surface area contributed by atoms with Gasteiger partial charge in [-0.05, 0) is 36.4 Å². The first-order valence-corrected chi connectivity index (χ1v) is 10.1. The molecule has 6 heteroatoms. The lowest BCUT2D eigenvalue weighted by Crippen LogP contribution is -2.50. The van der Waals surface area contributed by atoms with E-state index in [4.69, 9.17) is 0 Å². The summed E-state index contributed by atoms with van der Waals surface area (Å²) in [5.74, 6) is 0.0492. The fourth-order valence-electron chi connectivity index (χ4n) is 3.98. The normalized spacial score (nSPS) is 21.3. The molecule has 1 aromatic heterocycles. The number of hydrogen-bond acceptors (Lipinski definition) is 4. The number of amides is 1. The molecule has 4 rings (SSSR count). The summed E-state index contributed by atoms with van der Waals surface area (Å²) in [7, 11) is 0. The molecule has 1 amide bonds. The molecule has 0 bridgehead atoms. The summed E-state index contributed by atoms with van der Waals surface area (Å²) in [6.45, 7) is 4.41. The van der Waals surface area contributed by atoms with Crippen LogP contribution in [-0.4, -0.2) is 55.0 Å². The van der Waals surface area contributed by atoms with E-state index in [9.17, 15) is 9.18 Å². The van der Waals surface area contributed by atoms with Crippen molar-refractivity contribution < 1.29 is 9.18 Å². The number of likely N-dealkylation sites (tertiary alicyclic amines) is 1. The summed E-state index contributed by atoms with van der Waals surface area (Å²) in [5.41, 5.74) is 0.663. The van der Waals surface area contributed by atoms with Crippen LogP contribution in [0.3, 0.4) is 0 Å². The second-order valence-corrected chi connectivity index (χ2v) is 7.95. The molecule has 2 fully saturated rings. The van der Waals surface area contributed by atoms with Gasteiger partial charge >= 0.3 is 0 Å². The van der Waals surface area contributed by atoms with E-state index in [0.717, 1.165) is 45.6 Å². The minimum atomic E-state index is -0.173. The van der Waals surface area contributed by atoms with Gasteiger partial charge in [-0.2, -0.15) is 0 Å². The Morgan fingerprint density at radius 1 is 1.08 bits per heavy atom. The van der Waals surface area contributed by atoms with E-state index in [2.05, 4.69) is 32.2 Å². The molecule has 1 aromatic carbocycles. The van der Waals surface area contributed by atoms with Crippen molar-refractivity contribution in [2.24, 2.45) is 0 Å². The molecule has 1 unspecified atom stereocenters. The molecular weight excluding hydrogens is 349 g/mol. The Bertz CT molecular complexity index is 743. The highest BCUT2D eigenvalue weighted by molar-refractivity contribution is 7.10. The third kappa shape index (κ3) is 3.62. The molecule has 138 valence electrons. The summed E-state index contributed by atoms with van der Waals surface area (Å²) in [5, 5.41) is 2.08. The van der Waals surface area contributed by atoms with Crippen molar-refractivity contribution in [3.05, 3.63) is 52.5 Å². The summed E-state index contributed by atoms with van der Waals surface area (Å²) in [6.07, 6.45) is 2.14. The third-order valence-corrected chi connectivity index (χ3v) is 6.34. The molecule has 4 nitrogen and oxygen atoms in total. The van der Waals surface area contributed by atoms with Gasteiger partial charge in [0.2, 0.25) is 5.91 Å². The van der Waals surface area contributed by atoms with E-state index in [1.807, 2.05) is 12.1 Å². The van der Waals surface area contributed by atoms with Crippen LogP contribution in [0, 0.1) is 5.82 Å². The molecular formula is C20H24FN3OS. The Balaban J connectivity index is 1.33. The second kappa shape index (κ2) is 7.76. The molecule has 2 aliphatic heterocycles. The number of piperazine rings is 1. The number of para-hydroxylation sites is 1. The van der Waals surface area contributed by atoms with Crippen molar-refractivity contribution in [2.45, 2.75) is 18.9 Å². The Morgan fingerprint density at radius 3 is 2.62 bits per heavy atom. The smallest absolute Gasteiger partial charge is 0.237 e. The van der Waals surface area contributed by atoms with Gasteiger partial charge in [-0.3, -0.25) is 9.69 Å². The van der Waals surface area contributed by atoms with Crippen molar-refractivity contribution in [2.75, 3.05) is 44.2 Å². The summed E-state index contributed by atoms with van der Waals surface area (Å²) >= 11 is 1.74. The van der Waals surface area contributed by atoms with Crippen LogP contribution in [0.1, 0.15) is 23.8 Å². The minimum Gasteiger partial charge on any atom is -0.367 e. The first-order valence-electron chi connectivity index (χ1n) is 9.27. The lowest BCUT2D eigenvalue weighted by Gasteiger charge is -2.36. The molecule has 2 aliphatic rings. The molecule has 0 saturated carbocycles. The van der Waals surface area contributed by atoms with E-state index < -0.39 is 0 Å². The number of carbonyl (C=O) groups excluding carboxylic acids is 1. The fourth-order valence-corrected chi connectivity index (χ4v) is 4.85. The monoisotopic (exact) mass is 373 g/mol. The Hall–Kier alpha value is -1.92. The summed E-state index contributed by atoms with van der Waals surface area (Å²) < 4.78 is 13.9. The second-order valence-electron chi connectivity index (χ2n) is 6.98. The molecule has 26 heavy (non-hydrogen) atoms. The number of benzene rings is 1. The van der Waals surface area contributed by atoms with Crippen molar-refractivity contribution in [1.82, 2.24) is 9.80 Å². The highest BCUT2D eigenvalue weighted by Crippen LogP contribution is 2.34. The third-order valence-electron chi connectivity index (χ3n) is 5.37. The molecule has 3 heterocycles. The average Bonchev–Trinajstić information content (AvgIpc) is 3.34. The summed E-state index contributed by atoms with van der Waals surface area (Å²) in [4.78, 5) is 20.5. The van der Waals surface area contributed by atoms with Gasteiger partial charge in [0.1, 0.15) is 5.82 Å². The molecule has 1 atom stereocenters. The van der Waals surface area contributed by atoms with Gasteiger partial charge in [0.25, 0.3) is 0 Å². The maximum absolute atomic E-state index is 13.9. The molecule has 0 aliphatic carbocycles. The molecule has 2 aromatic rings. The first-order chi connectivity index (χ1) is 12.7. The van der Waals surface area contributed by atoms with Gasteiger partial charge in [-0.1, -0.05) is 18.2 Å². The van der Waals surface area contributed by atoms with E-state index >= 15 is 0 Å². The van der Waals surface area contributed by atoms with Crippen LogP contribution in [0.5, 0.6) is 0 Å². The van der Waals surface area contributed by atoms with Crippen LogP contribution in [0.2, 0.25) is 0 Å². The van der Waals surface area contributed by atoms with Gasteiger partial charge in [-0.15, -0.1) is 11.3 Å². The Morgan fingerprint density at radius 2 is 1.88 bits per heavy atom. The number of rotatable bonds is 4. The van der Waals surface area contributed by atoms with Crippen LogP contribution in [0.25, 0.3) is 0 Å². The number of anilines is 1. The van der Waals surface area contributed by atoms with Crippen LogP contribution in [0.4, 0.5) is 10.1 Å². The predicted octanol–water partition coefficient (Wildman–Crippen LogP) is 3.37. The Labute approximate surface area is 157 Å². The fraction of sp³-hybridized carbons (Fsp3) is 0.450. The quantitative estimate of drug-likeness (QED) is 0.822. The van der Waals surface area contributed by atoms with Crippen molar-refractivity contribution in [3.63, 3.8) is 0 Å². The first kappa shape index (κ1) is 17.5. The van der Waals surface area contributed by atoms with E-state index in [0.29, 0.717) is 12.2 Å². The van der Waals surface area contributed by atoms with Gasteiger partial charge < -0.3 is 9.80 Å². The maximum Gasteiger partial charge on any atom is 0.237 e. The van der Waals surface area contributed by atoms with Crippen molar-refractivity contribution >= 4 is 22.9 Å². The van der Waals surface area contributed by atoms with Gasteiger partial charge in [0.05, 0.1) is 18.3 Å². The highest BCUT2D eigenvalue weighted by atomic mass is 32.1. The zero-order valence-electron chi connectivity index (χ0n) is 14.8. The average molecular weight is 373 g/mol. The number of hydrogen-bond donors (Lipinski definition) is 0. The number of nitrogens with zero attached hydrogens (tertiary/aromatic N) is 3. The van der Waals surface area contributed by atoms with Gasteiger partial charge in [0, 0.05) is 37.6 Å². The minimum absolute atomic E-state index is 0.173.